The number of carbonyl (C=O) groups is 1. The number of thiophene rings is 1. The highest BCUT2D eigenvalue weighted by atomic mass is 32.1. The minimum atomic E-state index is 0.0428. The van der Waals surface area contributed by atoms with Crippen LogP contribution in [-0.2, 0) is 0 Å². The molecule has 5 heteroatoms. The van der Waals surface area contributed by atoms with Crippen LogP contribution in [0.25, 0.3) is 10.4 Å². The van der Waals surface area contributed by atoms with Crippen LogP contribution in [0.15, 0.2) is 30.3 Å². The van der Waals surface area contributed by atoms with Crippen LogP contribution in [0, 0.1) is 5.92 Å². The summed E-state index contributed by atoms with van der Waals surface area (Å²) in [6, 6.07) is 9.81. The molecule has 0 unspecified atom stereocenters. The lowest BCUT2D eigenvalue weighted by Crippen LogP contribution is -2.28. The van der Waals surface area contributed by atoms with Gasteiger partial charge in [-0.2, -0.15) is 0 Å². The Morgan fingerprint density at radius 1 is 1.04 bits per heavy atom. The molecular formula is C20H23NO3S. The van der Waals surface area contributed by atoms with Crippen LogP contribution in [0.2, 0.25) is 0 Å². The summed E-state index contributed by atoms with van der Waals surface area (Å²) in [6.07, 6.45) is 7.77. The molecule has 0 spiro atoms. The highest BCUT2D eigenvalue weighted by Crippen LogP contribution is 2.37. The normalized spacial score (nSPS) is 17.3. The van der Waals surface area contributed by atoms with E-state index >= 15 is 0 Å². The van der Waals surface area contributed by atoms with Gasteiger partial charge >= 0.3 is 0 Å². The molecule has 1 aliphatic carbocycles. The second-order valence-corrected chi connectivity index (χ2v) is 7.88. The summed E-state index contributed by atoms with van der Waals surface area (Å²) in [5, 5.41) is 3.13. The standard InChI is InChI=1S/C20H23NO3S/c22-20(21-12-14-5-3-1-2-4-6-14)19-10-9-18(25-19)15-7-8-16-17(11-15)24-13-23-16/h7-11,14H,1-6,12-13H2,(H,21,22). The van der Waals surface area contributed by atoms with Gasteiger partial charge in [-0.05, 0) is 54.7 Å². The fourth-order valence-electron chi connectivity index (χ4n) is 3.56. The number of hydrogen-bond donors (Lipinski definition) is 1. The maximum atomic E-state index is 12.5. The number of hydrogen-bond acceptors (Lipinski definition) is 4. The summed E-state index contributed by atoms with van der Waals surface area (Å²) in [4.78, 5) is 14.3. The Morgan fingerprint density at radius 2 is 1.84 bits per heavy atom. The molecule has 2 aromatic rings. The molecule has 0 atom stereocenters. The number of carbonyl (C=O) groups excluding carboxylic acids is 1. The first-order chi connectivity index (χ1) is 12.3. The van der Waals surface area contributed by atoms with E-state index in [9.17, 15) is 4.79 Å². The lowest BCUT2D eigenvalue weighted by molar-refractivity contribution is 0.0950. The number of rotatable bonds is 4. The fraction of sp³-hybridized carbons (Fsp3) is 0.450. The molecule has 2 aliphatic rings. The lowest BCUT2D eigenvalue weighted by Gasteiger charge is -2.14. The molecule has 0 saturated heterocycles. The molecule has 0 bridgehead atoms. The van der Waals surface area contributed by atoms with Gasteiger partial charge in [-0.25, -0.2) is 0 Å². The maximum absolute atomic E-state index is 12.5. The molecule has 2 heterocycles. The van der Waals surface area contributed by atoms with Crippen LogP contribution in [0.1, 0.15) is 48.2 Å². The first-order valence-corrected chi connectivity index (χ1v) is 9.89. The van der Waals surface area contributed by atoms with Crippen molar-refractivity contribution >= 4 is 17.2 Å². The molecule has 1 fully saturated rings. The molecule has 4 nitrogen and oxygen atoms in total. The zero-order valence-corrected chi connectivity index (χ0v) is 15.1. The number of ether oxygens (including phenoxy) is 2. The number of amides is 1. The summed E-state index contributed by atoms with van der Waals surface area (Å²) in [7, 11) is 0. The summed E-state index contributed by atoms with van der Waals surface area (Å²) in [5.41, 5.74) is 1.05. The Bertz CT molecular complexity index is 747. The van der Waals surface area contributed by atoms with E-state index in [1.807, 2.05) is 30.3 Å². The average Bonchev–Trinajstić information content (AvgIpc) is 3.23. The Balaban J connectivity index is 1.39. The van der Waals surface area contributed by atoms with Crippen molar-refractivity contribution in [1.82, 2.24) is 5.32 Å². The SMILES string of the molecule is O=C(NCC1CCCCCC1)c1ccc(-c2ccc3c(c2)OCO3)s1. The van der Waals surface area contributed by atoms with Crippen LogP contribution in [-0.4, -0.2) is 19.2 Å². The van der Waals surface area contributed by atoms with Gasteiger partial charge in [0.05, 0.1) is 4.88 Å². The molecule has 1 aliphatic heterocycles. The van der Waals surface area contributed by atoms with Crippen molar-refractivity contribution < 1.29 is 14.3 Å². The van der Waals surface area contributed by atoms with E-state index < -0.39 is 0 Å². The molecule has 25 heavy (non-hydrogen) atoms. The predicted octanol–water partition coefficient (Wildman–Crippen LogP) is 4.84. The first kappa shape index (κ1) is 16.5. The van der Waals surface area contributed by atoms with E-state index in [1.165, 1.54) is 49.9 Å². The van der Waals surface area contributed by atoms with Crippen LogP contribution >= 0.6 is 11.3 Å². The molecule has 1 aromatic carbocycles. The van der Waals surface area contributed by atoms with Crippen molar-refractivity contribution in [1.29, 1.82) is 0 Å². The monoisotopic (exact) mass is 357 g/mol. The third-order valence-electron chi connectivity index (χ3n) is 5.01. The number of nitrogens with one attached hydrogen (secondary N) is 1. The van der Waals surface area contributed by atoms with E-state index in [0.717, 1.165) is 33.4 Å². The Kier molecular flexibility index (Phi) is 4.92. The van der Waals surface area contributed by atoms with E-state index in [0.29, 0.717) is 5.92 Å². The lowest BCUT2D eigenvalue weighted by atomic mass is 10.0. The van der Waals surface area contributed by atoms with Gasteiger partial charge in [-0.3, -0.25) is 4.79 Å². The predicted molar refractivity (Wildman–Crippen MR) is 99.4 cm³/mol. The summed E-state index contributed by atoms with van der Waals surface area (Å²) in [5.74, 6) is 2.23. The molecule has 4 rings (SSSR count). The van der Waals surface area contributed by atoms with Crippen molar-refractivity contribution in [2.45, 2.75) is 38.5 Å². The molecule has 0 radical (unpaired) electrons. The molecule has 1 amide bonds. The molecular weight excluding hydrogens is 334 g/mol. The summed E-state index contributed by atoms with van der Waals surface area (Å²) >= 11 is 1.52. The van der Waals surface area contributed by atoms with Crippen LogP contribution < -0.4 is 14.8 Å². The Labute approximate surface area is 152 Å². The third-order valence-corrected chi connectivity index (χ3v) is 6.15. The fourth-order valence-corrected chi connectivity index (χ4v) is 4.48. The molecule has 1 saturated carbocycles. The third kappa shape index (κ3) is 3.82. The van der Waals surface area contributed by atoms with E-state index in [4.69, 9.17) is 9.47 Å². The average molecular weight is 357 g/mol. The van der Waals surface area contributed by atoms with Crippen molar-refractivity contribution in [3.05, 3.63) is 35.2 Å². The van der Waals surface area contributed by atoms with Crippen molar-refractivity contribution in [3.63, 3.8) is 0 Å². The first-order valence-electron chi connectivity index (χ1n) is 9.07. The minimum Gasteiger partial charge on any atom is -0.454 e. The van der Waals surface area contributed by atoms with Crippen molar-refractivity contribution in [2.24, 2.45) is 5.92 Å². The van der Waals surface area contributed by atoms with Gasteiger partial charge in [0.15, 0.2) is 11.5 Å². The van der Waals surface area contributed by atoms with Gasteiger partial charge in [0.2, 0.25) is 6.79 Å². The maximum Gasteiger partial charge on any atom is 0.261 e. The Morgan fingerprint density at radius 3 is 2.68 bits per heavy atom. The minimum absolute atomic E-state index is 0.0428. The molecule has 132 valence electrons. The number of benzene rings is 1. The summed E-state index contributed by atoms with van der Waals surface area (Å²) < 4.78 is 10.8. The highest BCUT2D eigenvalue weighted by molar-refractivity contribution is 7.17. The van der Waals surface area contributed by atoms with E-state index in [-0.39, 0.29) is 12.7 Å². The summed E-state index contributed by atoms with van der Waals surface area (Å²) in [6.45, 7) is 1.08. The quantitative estimate of drug-likeness (QED) is 0.796. The molecule has 1 aromatic heterocycles. The van der Waals surface area contributed by atoms with Crippen LogP contribution in [0.3, 0.4) is 0 Å². The second kappa shape index (κ2) is 7.48. The number of fused-ring (bicyclic) bond motifs is 1. The van der Waals surface area contributed by atoms with Gasteiger partial charge in [-0.1, -0.05) is 25.7 Å². The van der Waals surface area contributed by atoms with Crippen molar-refractivity contribution in [3.8, 4) is 21.9 Å². The largest absolute Gasteiger partial charge is 0.454 e. The van der Waals surface area contributed by atoms with E-state index in [2.05, 4.69) is 5.32 Å². The van der Waals surface area contributed by atoms with Gasteiger partial charge in [0.25, 0.3) is 5.91 Å². The topological polar surface area (TPSA) is 47.6 Å². The smallest absolute Gasteiger partial charge is 0.261 e. The van der Waals surface area contributed by atoms with Gasteiger partial charge in [-0.15, -0.1) is 11.3 Å². The molecule has 1 N–H and O–H groups in total. The van der Waals surface area contributed by atoms with Gasteiger partial charge in [0.1, 0.15) is 0 Å². The second-order valence-electron chi connectivity index (χ2n) is 6.80. The van der Waals surface area contributed by atoms with Crippen molar-refractivity contribution in [2.75, 3.05) is 13.3 Å². The van der Waals surface area contributed by atoms with Crippen LogP contribution in [0.5, 0.6) is 11.5 Å². The van der Waals surface area contributed by atoms with E-state index in [1.54, 1.807) is 0 Å². The van der Waals surface area contributed by atoms with Crippen LogP contribution in [0.4, 0.5) is 0 Å². The zero-order chi connectivity index (χ0) is 17.1. The zero-order valence-electron chi connectivity index (χ0n) is 14.3. The van der Waals surface area contributed by atoms with Gasteiger partial charge in [0, 0.05) is 11.4 Å². The van der Waals surface area contributed by atoms with Gasteiger partial charge < -0.3 is 14.8 Å². The Hall–Kier alpha value is -2.01. The highest BCUT2D eigenvalue weighted by Gasteiger charge is 2.17.